The maximum atomic E-state index is 13.5. The Kier molecular flexibility index (Phi) is 5.84. The maximum absolute atomic E-state index is 13.5. The monoisotopic (exact) mass is 445 g/mol. The quantitative estimate of drug-likeness (QED) is 0.408. The highest BCUT2D eigenvalue weighted by Crippen LogP contribution is 2.32. The smallest absolute Gasteiger partial charge is 0.207 e. The van der Waals surface area contributed by atoms with Crippen molar-refractivity contribution in [1.29, 1.82) is 0 Å². The summed E-state index contributed by atoms with van der Waals surface area (Å²) in [6.45, 7) is 6.41. The lowest BCUT2D eigenvalue weighted by molar-refractivity contribution is 0.578. The second-order valence-electron chi connectivity index (χ2n) is 8.52. The molecule has 1 N–H and O–H groups in total. The Bertz CT molecular complexity index is 1300. The van der Waals surface area contributed by atoms with E-state index >= 15 is 0 Å². The van der Waals surface area contributed by atoms with E-state index in [2.05, 4.69) is 54.2 Å². The molecule has 31 heavy (non-hydrogen) atoms. The van der Waals surface area contributed by atoms with Crippen molar-refractivity contribution in [2.24, 2.45) is 0 Å². The van der Waals surface area contributed by atoms with Crippen LogP contribution in [0.15, 0.2) is 102 Å². The highest BCUT2D eigenvalue weighted by Gasteiger charge is 2.38. The van der Waals surface area contributed by atoms with Crippen LogP contribution in [-0.4, -0.2) is 16.5 Å². The van der Waals surface area contributed by atoms with Crippen LogP contribution in [0.4, 0.5) is 0 Å². The second kappa shape index (κ2) is 8.42. The van der Waals surface area contributed by atoms with Crippen LogP contribution in [-0.2, 0) is 10.0 Å². The number of nitrogens with one attached hydrogen (secondary N) is 1. The molecule has 0 aromatic heterocycles. The maximum Gasteiger partial charge on any atom is 0.240 e. The van der Waals surface area contributed by atoms with Crippen molar-refractivity contribution in [2.75, 3.05) is 0 Å². The summed E-state index contributed by atoms with van der Waals surface area (Å²) in [6, 6.07) is 31.6. The Morgan fingerprint density at radius 3 is 2.06 bits per heavy atom. The minimum atomic E-state index is -3.70. The Balaban J connectivity index is 1.88. The highest BCUT2D eigenvalue weighted by molar-refractivity contribution is 7.89. The molecule has 0 spiro atoms. The zero-order chi connectivity index (χ0) is 22.1. The molecular weight excluding hydrogens is 418 g/mol. The van der Waals surface area contributed by atoms with E-state index in [1.165, 1.54) is 5.19 Å². The first-order valence-corrected chi connectivity index (χ1v) is 15.0. The van der Waals surface area contributed by atoms with Gasteiger partial charge in [0.25, 0.3) is 0 Å². The normalized spacial score (nSPS) is 13.3. The van der Waals surface area contributed by atoms with Crippen molar-refractivity contribution in [3.05, 3.63) is 108 Å². The average molecular weight is 446 g/mol. The predicted octanol–water partition coefficient (Wildman–Crippen LogP) is 5.32. The molecule has 1 atom stereocenters. The number of rotatable bonds is 6. The molecule has 0 bridgehead atoms. The van der Waals surface area contributed by atoms with Crippen LogP contribution in [0.25, 0.3) is 10.8 Å². The van der Waals surface area contributed by atoms with Gasteiger partial charge in [-0.1, -0.05) is 109 Å². The van der Waals surface area contributed by atoms with Crippen LogP contribution >= 0.6 is 0 Å². The number of hydrogen-bond donors (Lipinski definition) is 1. The molecule has 0 aliphatic carbocycles. The average Bonchev–Trinajstić information content (AvgIpc) is 2.78. The van der Waals surface area contributed by atoms with Crippen LogP contribution in [0.3, 0.4) is 0 Å². The van der Waals surface area contributed by atoms with E-state index in [1.54, 1.807) is 12.1 Å². The first-order chi connectivity index (χ1) is 14.8. The molecule has 0 heterocycles. The van der Waals surface area contributed by atoms with Gasteiger partial charge in [-0.3, -0.25) is 0 Å². The Morgan fingerprint density at radius 1 is 0.742 bits per heavy atom. The van der Waals surface area contributed by atoms with Crippen molar-refractivity contribution in [2.45, 2.75) is 30.6 Å². The minimum Gasteiger partial charge on any atom is -0.207 e. The standard InChI is InChI=1S/C26H27NO2SSi/c1-20-16-18-22(19-17-20)30(28,29)27-26(31(2,3)23-12-5-4-6-13-23)25-15-9-11-21-10-7-8-14-24(21)25/h4-19,26-27H,1-3H3/t26-/m1/s1. The van der Waals surface area contributed by atoms with Gasteiger partial charge in [0, 0.05) is 5.67 Å². The molecule has 3 nitrogen and oxygen atoms in total. The number of benzene rings is 4. The molecule has 4 rings (SSSR count). The first-order valence-electron chi connectivity index (χ1n) is 10.4. The van der Waals surface area contributed by atoms with E-state index in [4.69, 9.17) is 0 Å². The largest absolute Gasteiger partial charge is 0.240 e. The van der Waals surface area contributed by atoms with Gasteiger partial charge in [-0.15, -0.1) is 0 Å². The minimum absolute atomic E-state index is 0.293. The fraction of sp³-hybridized carbons (Fsp3) is 0.154. The molecule has 0 radical (unpaired) electrons. The molecular formula is C26H27NO2SSi. The molecule has 0 aliphatic rings. The molecule has 5 heteroatoms. The molecule has 4 aromatic rings. The fourth-order valence-electron chi connectivity index (χ4n) is 4.08. The van der Waals surface area contributed by atoms with Crippen LogP contribution in [0.1, 0.15) is 16.8 Å². The van der Waals surface area contributed by atoms with Crippen molar-refractivity contribution < 1.29 is 8.42 Å². The van der Waals surface area contributed by atoms with Gasteiger partial charge in [0.05, 0.1) is 4.90 Å². The summed E-state index contributed by atoms with van der Waals surface area (Å²) >= 11 is 0. The van der Waals surface area contributed by atoms with Gasteiger partial charge >= 0.3 is 0 Å². The van der Waals surface area contributed by atoms with Gasteiger partial charge in [0.1, 0.15) is 8.07 Å². The van der Waals surface area contributed by atoms with Crippen molar-refractivity contribution in [3.8, 4) is 0 Å². The molecule has 0 fully saturated rings. The van der Waals surface area contributed by atoms with Crippen LogP contribution < -0.4 is 9.91 Å². The summed E-state index contributed by atoms with van der Waals surface area (Å²) in [5.41, 5.74) is 1.73. The van der Waals surface area contributed by atoms with Gasteiger partial charge in [-0.2, -0.15) is 0 Å². The first kappa shape index (κ1) is 21.5. The van der Waals surface area contributed by atoms with Crippen molar-refractivity contribution in [3.63, 3.8) is 0 Å². The molecule has 4 aromatic carbocycles. The van der Waals surface area contributed by atoms with E-state index in [-0.39, 0.29) is 5.67 Å². The molecule has 0 amide bonds. The molecule has 0 saturated carbocycles. The number of hydrogen-bond acceptors (Lipinski definition) is 2. The van der Waals surface area contributed by atoms with Gasteiger partial charge < -0.3 is 0 Å². The highest BCUT2D eigenvalue weighted by atomic mass is 32.2. The fourth-order valence-corrected chi connectivity index (χ4v) is 9.20. The third kappa shape index (κ3) is 4.35. The molecule has 0 aliphatic heterocycles. The van der Waals surface area contributed by atoms with Gasteiger partial charge in [0.2, 0.25) is 10.0 Å². The van der Waals surface area contributed by atoms with E-state index in [1.807, 2.05) is 55.5 Å². The summed E-state index contributed by atoms with van der Waals surface area (Å²) in [5, 5.41) is 3.40. The summed E-state index contributed by atoms with van der Waals surface area (Å²) in [7, 11) is -6.01. The van der Waals surface area contributed by atoms with Crippen molar-refractivity contribution >= 4 is 34.1 Å². The summed E-state index contributed by atoms with van der Waals surface area (Å²) in [5.74, 6) is 0. The van der Waals surface area contributed by atoms with Gasteiger partial charge in [-0.05, 0) is 35.4 Å². The van der Waals surface area contributed by atoms with E-state index in [0.29, 0.717) is 4.90 Å². The lowest BCUT2D eigenvalue weighted by atomic mass is 10.0. The van der Waals surface area contributed by atoms with Crippen LogP contribution in [0.5, 0.6) is 0 Å². The van der Waals surface area contributed by atoms with E-state index in [9.17, 15) is 8.42 Å². The van der Waals surface area contributed by atoms with Gasteiger partial charge in [-0.25, -0.2) is 13.1 Å². The Hall–Kier alpha value is -2.73. The number of fused-ring (bicyclic) bond motifs is 1. The lowest BCUT2D eigenvalue weighted by Gasteiger charge is -2.34. The second-order valence-corrected chi connectivity index (χ2v) is 14.8. The summed E-state index contributed by atoms with van der Waals surface area (Å²) in [6.07, 6.45) is 0. The van der Waals surface area contributed by atoms with Crippen LogP contribution in [0.2, 0.25) is 13.1 Å². The van der Waals surface area contributed by atoms with E-state index in [0.717, 1.165) is 21.9 Å². The third-order valence-electron chi connectivity index (χ3n) is 5.98. The van der Waals surface area contributed by atoms with E-state index < -0.39 is 18.1 Å². The Morgan fingerprint density at radius 2 is 1.35 bits per heavy atom. The zero-order valence-electron chi connectivity index (χ0n) is 18.0. The zero-order valence-corrected chi connectivity index (χ0v) is 19.9. The lowest BCUT2D eigenvalue weighted by Crippen LogP contribution is -2.54. The molecule has 0 unspecified atom stereocenters. The third-order valence-corrected chi connectivity index (χ3v) is 11.3. The van der Waals surface area contributed by atoms with Gasteiger partial charge in [0.15, 0.2) is 0 Å². The molecule has 158 valence electrons. The Labute approximate surface area is 185 Å². The number of sulfonamides is 1. The predicted molar refractivity (Wildman–Crippen MR) is 132 cm³/mol. The summed E-state index contributed by atoms with van der Waals surface area (Å²) < 4.78 is 30.0. The molecule has 0 saturated heterocycles. The van der Waals surface area contributed by atoms with Crippen LogP contribution in [0, 0.1) is 6.92 Å². The SMILES string of the molecule is Cc1ccc(S(=O)(=O)N[C@@H](c2cccc3ccccc23)[Si](C)(C)c2ccccc2)cc1. The summed E-state index contributed by atoms with van der Waals surface area (Å²) in [4.78, 5) is 0.293. The number of aryl methyl sites for hydroxylation is 1. The van der Waals surface area contributed by atoms with Crippen molar-refractivity contribution in [1.82, 2.24) is 4.72 Å². The topological polar surface area (TPSA) is 46.2 Å².